The molecular weight excluding hydrogens is 230 g/mol. The van der Waals surface area contributed by atoms with Gasteiger partial charge in [0, 0.05) is 10.9 Å². The summed E-state index contributed by atoms with van der Waals surface area (Å²) in [5, 5.41) is 1.11. The van der Waals surface area contributed by atoms with Crippen LogP contribution < -0.4 is 10.5 Å². The number of aromatic nitrogens is 2. The summed E-state index contributed by atoms with van der Waals surface area (Å²) in [4.78, 5) is 7.43. The number of rotatable bonds is 3. The Hall–Kier alpha value is -2.27. The SMILES string of the molecule is COc1nc(CN)oc1-c1cc2ccccc2[nH]1. The van der Waals surface area contributed by atoms with Crippen molar-refractivity contribution in [2.24, 2.45) is 5.73 Å². The van der Waals surface area contributed by atoms with Gasteiger partial charge in [0.15, 0.2) is 0 Å². The van der Waals surface area contributed by atoms with Crippen molar-refractivity contribution in [2.45, 2.75) is 6.54 Å². The maximum atomic E-state index is 5.58. The Morgan fingerprint density at radius 2 is 2.22 bits per heavy atom. The fourth-order valence-electron chi connectivity index (χ4n) is 1.94. The third kappa shape index (κ3) is 1.65. The number of ether oxygens (including phenoxy) is 1. The summed E-state index contributed by atoms with van der Waals surface area (Å²) in [6.45, 7) is 0.247. The van der Waals surface area contributed by atoms with Crippen molar-refractivity contribution in [3.05, 3.63) is 36.2 Å². The van der Waals surface area contributed by atoms with Crippen LogP contribution >= 0.6 is 0 Å². The molecule has 0 saturated heterocycles. The van der Waals surface area contributed by atoms with Crippen LogP contribution in [0.2, 0.25) is 0 Å². The highest BCUT2D eigenvalue weighted by Gasteiger charge is 2.16. The summed E-state index contributed by atoms with van der Waals surface area (Å²) in [5.41, 5.74) is 7.39. The fourth-order valence-corrected chi connectivity index (χ4v) is 1.94. The lowest BCUT2D eigenvalue weighted by Gasteiger charge is -1.95. The van der Waals surface area contributed by atoms with Crippen molar-refractivity contribution in [3.63, 3.8) is 0 Å². The van der Waals surface area contributed by atoms with Crippen molar-refractivity contribution < 1.29 is 9.15 Å². The van der Waals surface area contributed by atoms with Gasteiger partial charge < -0.3 is 19.9 Å². The topological polar surface area (TPSA) is 77.1 Å². The molecule has 2 aromatic heterocycles. The Morgan fingerprint density at radius 1 is 1.39 bits per heavy atom. The normalized spacial score (nSPS) is 11.0. The third-order valence-corrected chi connectivity index (χ3v) is 2.78. The molecule has 0 aliphatic heterocycles. The Bertz CT molecular complexity index is 651. The van der Waals surface area contributed by atoms with Crippen LogP contribution in [0.5, 0.6) is 5.88 Å². The molecule has 1 aromatic carbocycles. The molecule has 0 atom stereocenters. The van der Waals surface area contributed by atoms with Crippen LogP contribution in [0.4, 0.5) is 0 Å². The summed E-state index contributed by atoms with van der Waals surface area (Å²) in [6, 6.07) is 10.0. The van der Waals surface area contributed by atoms with E-state index in [-0.39, 0.29) is 6.54 Å². The van der Waals surface area contributed by atoms with Gasteiger partial charge >= 0.3 is 0 Å². The van der Waals surface area contributed by atoms with E-state index in [0.717, 1.165) is 16.6 Å². The zero-order chi connectivity index (χ0) is 12.5. The fraction of sp³-hybridized carbons (Fsp3) is 0.154. The second kappa shape index (κ2) is 4.19. The van der Waals surface area contributed by atoms with Crippen molar-refractivity contribution in [1.29, 1.82) is 0 Å². The number of benzene rings is 1. The second-order valence-electron chi connectivity index (χ2n) is 3.92. The van der Waals surface area contributed by atoms with Gasteiger partial charge in [-0.25, -0.2) is 0 Å². The summed E-state index contributed by atoms with van der Waals surface area (Å²) in [6.07, 6.45) is 0. The first-order chi connectivity index (χ1) is 8.81. The molecule has 0 bridgehead atoms. The van der Waals surface area contributed by atoms with Gasteiger partial charge in [0.1, 0.15) is 0 Å². The highest BCUT2D eigenvalue weighted by molar-refractivity contribution is 5.85. The maximum absolute atomic E-state index is 5.58. The number of hydrogen-bond donors (Lipinski definition) is 2. The predicted octanol–water partition coefficient (Wildman–Crippen LogP) is 2.29. The first-order valence-electron chi connectivity index (χ1n) is 5.63. The monoisotopic (exact) mass is 243 g/mol. The Balaban J connectivity index is 2.15. The van der Waals surface area contributed by atoms with Crippen LogP contribution in [-0.4, -0.2) is 17.1 Å². The molecule has 0 fully saturated rings. The highest BCUT2D eigenvalue weighted by atomic mass is 16.5. The molecule has 0 unspecified atom stereocenters. The molecule has 3 aromatic rings. The zero-order valence-electron chi connectivity index (χ0n) is 9.93. The Kier molecular flexibility index (Phi) is 2.53. The van der Waals surface area contributed by atoms with E-state index in [2.05, 4.69) is 9.97 Å². The summed E-state index contributed by atoms with van der Waals surface area (Å²) < 4.78 is 10.8. The number of oxazole rings is 1. The van der Waals surface area contributed by atoms with E-state index in [9.17, 15) is 0 Å². The van der Waals surface area contributed by atoms with Crippen molar-refractivity contribution >= 4 is 10.9 Å². The molecule has 0 amide bonds. The number of hydrogen-bond acceptors (Lipinski definition) is 4. The van der Waals surface area contributed by atoms with E-state index in [0.29, 0.717) is 17.5 Å². The first kappa shape index (κ1) is 10.9. The van der Waals surface area contributed by atoms with E-state index in [1.807, 2.05) is 30.3 Å². The van der Waals surface area contributed by atoms with Crippen LogP contribution in [0, 0.1) is 0 Å². The minimum absolute atomic E-state index is 0.247. The van der Waals surface area contributed by atoms with Crippen molar-refractivity contribution in [2.75, 3.05) is 7.11 Å². The number of methoxy groups -OCH3 is 1. The van der Waals surface area contributed by atoms with Gasteiger partial charge in [0.25, 0.3) is 5.88 Å². The number of para-hydroxylation sites is 1. The number of nitrogens with two attached hydrogens (primary N) is 1. The highest BCUT2D eigenvalue weighted by Crippen LogP contribution is 2.31. The van der Waals surface area contributed by atoms with Gasteiger partial charge in [-0.3, -0.25) is 0 Å². The number of nitrogens with zero attached hydrogens (tertiary/aromatic N) is 1. The van der Waals surface area contributed by atoms with Gasteiger partial charge in [0.05, 0.1) is 19.3 Å². The molecule has 18 heavy (non-hydrogen) atoms. The minimum Gasteiger partial charge on any atom is -0.478 e. The standard InChI is InChI=1S/C13H13N3O2/c1-17-13-12(18-11(7-14)16-13)10-6-8-4-2-3-5-9(8)15-10/h2-6,15H,7,14H2,1H3. The van der Waals surface area contributed by atoms with Gasteiger partial charge in [-0.15, -0.1) is 0 Å². The number of aromatic amines is 1. The molecule has 3 N–H and O–H groups in total. The quantitative estimate of drug-likeness (QED) is 0.739. The summed E-state index contributed by atoms with van der Waals surface area (Å²) in [5.74, 6) is 1.48. The molecule has 5 heteroatoms. The molecular formula is C13H13N3O2. The van der Waals surface area contributed by atoms with Crippen molar-refractivity contribution in [1.82, 2.24) is 9.97 Å². The van der Waals surface area contributed by atoms with E-state index >= 15 is 0 Å². The number of fused-ring (bicyclic) bond motifs is 1. The number of H-pyrrole nitrogens is 1. The molecule has 5 nitrogen and oxygen atoms in total. The van der Waals surface area contributed by atoms with Crippen LogP contribution in [0.1, 0.15) is 5.89 Å². The van der Waals surface area contributed by atoms with Crippen LogP contribution in [0.3, 0.4) is 0 Å². The first-order valence-corrected chi connectivity index (χ1v) is 5.63. The lowest BCUT2D eigenvalue weighted by atomic mass is 10.2. The average molecular weight is 243 g/mol. The van der Waals surface area contributed by atoms with Crippen LogP contribution in [0.25, 0.3) is 22.4 Å². The summed E-state index contributed by atoms with van der Waals surface area (Å²) >= 11 is 0. The van der Waals surface area contributed by atoms with Gasteiger partial charge in [-0.05, 0) is 12.1 Å². The molecule has 2 heterocycles. The Morgan fingerprint density at radius 3 is 2.94 bits per heavy atom. The van der Waals surface area contributed by atoms with E-state index < -0.39 is 0 Å². The van der Waals surface area contributed by atoms with E-state index in [4.69, 9.17) is 14.9 Å². The average Bonchev–Trinajstić information content (AvgIpc) is 3.01. The van der Waals surface area contributed by atoms with Crippen LogP contribution in [-0.2, 0) is 6.54 Å². The molecule has 0 aliphatic carbocycles. The van der Waals surface area contributed by atoms with E-state index in [1.54, 1.807) is 7.11 Å². The maximum Gasteiger partial charge on any atom is 0.262 e. The summed E-state index contributed by atoms with van der Waals surface area (Å²) in [7, 11) is 1.56. The number of nitrogens with one attached hydrogen (secondary N) is 1. The third-order valence-electron chi connectivity index (χ3n) is 2.78. The smallest absolute Gasteiger partial charge is 0.262 e. The van der Waals surface area contributed by atoms with Gasteiger partial charge in [0.2, 0.25) is 11.7 Å². The molecule has 0 aliphatic rings. The lowest BCUT2D eigenvalue weighted by molar-refractivity contribution is 0.398. The van der Waals surface area contributed by atoms with E-state index in [1.165, 1.54) is 0 Å². The van der Waals surface area contributed by atoms with Gasteiger partial charge in [-0.2, -0.15) is 4.98 Å². The van der Waals surface area contributed by atoms with Crippen molar-refractivity contribution in [3.8, 4) is 17.3 Å². The lowest BCUT2D eigenvalue weighted by Crippen LogP contribution is -1.95. The molecule has 3 rings (SSSR count). The molecule has 0 radical (unpaired) electrons. The zero-order valence-corrected chi connectivity index (χ0v) is 9.93. The second-order valence-corrected chi connectivity index (χ2v) is 3.92. The predicted molar refractivity (Wildman–Crippen MR) is 68.2 cm³/mol. The Labute approximate surface area is 104 Å². The molecule has 92 valence electrons. The van der Waals surface area contributed by atoms with Crippen LogP contribution in [0.15, 0.2) is 34.7 Å². The largest absolute Gasteiger partial charge is 0.478 e. The molecule has 0 saturated carbocycles. The molecule has 0 spiro atoms. The van der Waals surface area contributed by atoms with Gasteiger partial charge in [-0.1, -0.05) is 18.2 Å². The minimum atomic E-state index is 0.247.